The Labute approximate surface area is 188 Å². The SMILES string of the molecule is CC(C)(C)c1cc2ncc3c(n2n1)CC1CCC3N1CC1CNNC1c1ccc(O)cc1. The lowest BCUT2D eigenvalue weighted by Gasteiger charge is -2.38. The van der Waals surface area contributed by atoms with Gasteiger partial charge < -0.3 is 5.11 Å². The molecule has 3 aliphatic heterocycles. The van der Waals surface area contributed by atoms with Gasteiger partial charge in [0.25, 0.3) is 0 Å². The predicted molar refractivity (Wildman–Crippen MR) is 123 cm³/mol. The lowest BCUT2D eigenvalue weighted by atomic mass is 9.91. The van der Waals surface area contributed by atoms with Gasteiger partial charge in [-0.05, 0) is 30.5 Å². The second-order valence-corrected chi connectivity index (χ2v) is 10.7. The zero-order valence-corrected chi connectivity index (χ0v) is 19.0. The molecular formula is C25H32N6O. The highest BCUT2D eigenvalue weighted by Crippen LogP contribution is 2.45. The molecule has 0 spiro atoms. The Balaban J connectivity index is 1.29. The van der Waals surface area contributed by atoms with Crippen molar-refractivity contribution in [2.24, 2.45) is 5.92 Å². The van der Waals surface area contributed by atoms with Crippen molar-refractivity contribution in [2.45, 2.75) is 63.6 Å². The Bertz CT molecular complexity index is 1150. The molecule has 7 heteroatoms. The van der Waals surface area contributed by atoms with Crippen LogP contribution in [0.2, 0.25) is 0 Å². The molecule has 2 bridgehead atoms. The van der Waals surface area contributed by atoms with E-state index in [9.17, 15) is 5.11 Å². The quantitative estimate of drug-likeness (QED) is 0.590. The van der Waals surface area contributed by atoms with Crippen LogP contribution in [0.5, 0.6) is 5.75 Å². The molecule has 4 unspecified atom stereocenters. The van der Waals surface area contributed by atoms with E-state index < -0.39 is 0 Å². The fraction of sp³-hybridized carbons (Fsp3) is 0.520. The second kappa shape index (κ2) is 7.27. The number of fused-ring (bicyclic) bond motifs is 6. The van der Waals surface area contributed by atoms with Gasteiger partial charge >= 0.3 is 0 Å². The molecule has 2 saturated heterocycles. The van der Waals surface area contributed by atoms with E-state index >= 15 is 0 Å². The highest BCUT2D eigenvalue weighted by molar-refractivity contribution is 5.45. The number of phenolic OH excluding ortho intramolecular Hbond substituents is 1. The number of nitrogens with one attached hydrogen (secondary N) is 2. The zero-order valence-electron chi connectivity index (χ0n) is 19.0. The fourth-order valence-electron chi connectivity index (χ4n) is 5.85. The molecule has 3 aromatic rings. The fourth-order valence-corrected chi connectivity index (χ4v) is 5.85. The van der Waals surface area contributed by atoms with Gasteiger partial charge in [-0.15, -0.1) is 0 Å². The second-order valence-electron chi connectivity index (χ2n) is 10.7. The van der Waals surface area contributed by atoms with E-state index in [0.29, 0.717) is 23.8 Å². The van der Waals surface area contributed by atoms with E-state index in [1.807, 2.05) is 12.1 Å². The summed E-state index contributed by atoms with van der Waals surface area (Å²) in [6, 6.07) is 11.0. The minimum atomic E-state index is 0.0198. The van der Waals surface area contributed by atoms with E-state index in [2.05, 4.69) is 53.3 Å². The van der Waals surface area contributed by atoms with Crippen LogP contribution < -0.4 is 10.9 Å². The maximum absolute atomic E-state index is 9.66. The zero-order chi connectivity index (χ0) is 22.0. The minimum Gasteiger partial charge on any atom is -0.508 e. The topological polar surface area (TPSA) is 77.7 Å². The number of hydrazine groups is 1. The van der Waals surface area contributed by atoms with Gasteiger partial charge in [-0.3, -0.25) is 10.3 Å². The van der Waals surface area contributed by atoms with Crippen molar-refractivity contribution in [1.82, 2.24) is 30.3 Å². The van der Waals surface area contributed by atoms with Crippen LogP contribution >= 0.6 is 0 Å². The molecule has 2 fully saturated rings. The van der Waals surface area contributed by atoms with Crippen LogP contribution in [-0.2, 0) is 11.8 Å². The van der Waals surface area contributed by atoms with Crippen LogP contribution in [0.4, 0.5) is 0 Å². The molecule has 0 aliphatic carbocycles. The van der Waals surface area contributed by atoms with E-state index in [1.54, 1.807) is 12.1 Å². The smallest absolute Gasteiger partial charge is 0.155 e. The summed E-state index contributed by atoms with van der Waals surface area (Å²) in [5.74, 6) is 0.784. The van der Waals surface area contributed by atoms with Crippen molar-refractivity contribution < 1.29 is 5.11 Å². The summed E-state index contributed by atoms with van der Waals surface area (Å²) in [5.41, 5.74) is 12.9. The predicted octanol–water partition coefficient (Wildman–Crippen LogP) is 3.26. The average Bonchev–Trinajstić information content (AvgIpc) is 3.46. The summed E-state index contributed by atoms with van der Waals surface area (Å²) < 4.78 is 2.12. The van der Waals surface area contributed by atoms with Gasteiger partial charge in [0.15, 0.2) is 5.65 Å². The van der Waals surface area contributed by atoms with Crippen LogP contribution in [-0.4, -0.2) is 43.7 Å². The number of nitrogens with zero attached hydrogens (tertiary/aromatic N) is 4. The molecule has 4 atom stereocenters. The number of aromatic hydroxyl groups is 1. The Morgan fingerprint density at radius 3 is 2.75 bits per heavy atom. The monoisotopic (exact) mass is 432 g/mol. The standard InChI is InChI=1S/C25H32N6O/c1-25(2,3)22-11-23-26-13-19-20-9-6-17(10-21(19)31(23)29-22)30(20)14-16-12-27-28-24(16)15-4-7-18(32)8-5-15/h4-5,7-8,11,13,16-17,20,24,27-28,32H,6,9-10,12,14H2,1-3H3. The molecule has 2 aromatic heterocycles. The van der Waals surface area contributed by atoms with Crippen molar-refractivity contribution in [2.75, 3.05) is 13.1 Å². The number of hydrogen-bond donors (Lipinski definition) is 3. The van der Waals surface area contributed by atoms with Crippen molar-refractivity contribution in [1.29, 1.82) is 0 Å². The van der Waals surface area contributed by atoms with Crippen LogP contribution in [0.1, 0.15) is 68.2 Å². The van der Waals surface area contributed by atoms with Crippen molar-refractivity contribution in [3.63, 3.8) is 0 Å². The van der Waals surface area contributed by atoms with Crippen molar-refractivity contribution >= 4 is 5.65 Å². The first kappa shape index (κ1) is 20.1. The number of hydrogen-bond acceptors (Lipinski definition) is 6. The maximum atomic E-state index is 9.66. The van der Waals surface area contributed by atoms with Crippen molar-refractivity contribution in [3.8, 4) is 5.75 Å². The first-order valence-corrected chi connectivity index (χ1v) is 11.8. The molecule has 6 rings (SSSR count). The number of aromatic nitrogens is 3. The summed E-state index contributed by atoms with van der Waals surface area (Å²) in [5, 5.41) is 14.6. The van der Waals surface area contributed by atoms with Crippen LogP contribution in [0.15, 0.2) is 36.5 Å². The molecule has 0 amide bonds. The number of rotatable bonds is 3. The largest absolute Gasteiger partial charge is 0.508 e. The molecule has 168 valence electrons. The Kier molecular flexibility index (Phi) is 4.58. The third kappa shape index (κ3) is 3.22. The van der Waals surface area contributed by atoms with Gasteiger partial charge in [0, 0.05) is 60.8 Å². The molecular weight excluding hydrogens is 400 g/mol. The molecule has 0 saturated carbocycles. The summed E-state index contributed by atoms with van der Waals surface area (Å²) in [6.07, 6.45) is 5.57. The van der Waals surface area contributed by atoms with Gasteiger partial charge in [-0.25, -0.2) is 14.9 Å². The Morgan fingerprint density at radius 1 is 1.16 bits per heavy atom. The van der Waals surface area contributed by atoms with E-state index in [-0.39, 0.29) is 11.5 Å². The minimum absolute atomic E-state index is 0.0198. The van der Waals surface area contributed by atoms with Gasteiger partial charge in [0.1, 0.15) is 5.75 Å². The summed E-state index contributed by atoms with van der Waals surface area (Å²) in [7, 11) is 0. The lowest BCUT2D eigenvalue weighted by molar-refractivity contribution is 0.144. The molecule has 5 heterocycles. The highest BCUT2D eigenvalue weighted by Gasteiger charge is 2.43. The molecule has 1 aromatic carbocycles. The summed E-state index contributed by atoms with van der Waals surface area (Å²) in [4.78, 5) is 7.53. The number of benzene rings is 1. The van der Waals surface area contributed by atoms with Crippen LogP contribution in [0.3, 0.4) is 0 Å². The normalized spacial score (nSPS) is 27.8. The summed E-state index contributed by atoms with van der Waals surface area (Å²) >= 11 is 0. The van der Waals surface area contributed by atoms with Gasteiger partial charge in [0.2, 0.25) is 0 Å². The lowest BCUT2D eigenvalue weighted by Crippen LogP contribution is -2.42. The Hall–Kier alpha value is -2.48. The first-order chi connectivity index (χ1) is 15.4. The molecule has 0 radical (unpaired) electrons. The third-order valence-electron chi connectivity index (χ3n) is 7.61. The Morgan fingerprint density at radius 2 is 1.97 bits per heavy atom. The van der Waals surface area contributed by atoms with Crippen LogP contribution in [0.25, 0.3) is 5.65 Å². The molecule has 7 nitrogen and oxygen atoms in total. The van der Waals surface area contributed by atoms with E-state index in [0.717, 1.165) is 30.9 Å². The van der Waals surface area contributed by atoms with Crippen LogP contribution in [0, 0.1) is 5.92 Å². The van der Waals surface area contributed by atoms with Gasteiger partial charge in [0.05, 0.1) is 17.4 Å². The highest BCUT2D eigenvalue weighted by atomic mass is 16.3. The van der Waals surface area contributed by atoms with Crippen molar-refractivity contribution in [3.05, 3.63) is 59.0 Å². The van der Waals surface area contributed by atoms with E-state index in [1.165, 1.54) is 29.7 Å². The van der Waals surface area contributed by atoms with Gasteiger partial charge in [-0.2, -0.15) is 5.10 Å². The maximum Gasteiger partial charge on any atom is 0.155 e. The molecule has 3 aliphatic rings. The third-order valence-corrected chi connectivity index (χ3v) is 7.61. The summed E-state index contributed by atoms with van der Waals surface area (Å²) in [6.45, 7) is 8.62. The average molecular weight is 433 g/mol. The number of phenols is 1. The molecule has 32 heavy (non-hydrogen) atoms. The van der Waals surface area contributed by atoms with Gasteiger partial charge in [-0.1, -0.05) is 32.9 Å². The van der Waals surface area contributed by atoms with E-state index in [4.69, 9.17) is 10.1 Å². The molecule has 3 N–H and O–H groups in total. The first-order valence-electron chi connectivity index (χ1n) is 11.8.